The summed E-state index contributed by atoms with van der Waals surface area (Å²) in [6.07, 6.45) is -6.01. The number of benzene rings is 2. The van der Waals surface area contributed by atoms with Crippen LogP contribution in [0, 0.1) is 22.2 Å². The molecule has 216 valence electrons. The van der Waals surface area contributed by atoms with Crippen molar-refractivity contribution in [2.45, 2.75) is 76.7 Å². The summed E-state index contributed by atoms with van der Waals surface area (Å²) < 4.78 is 41.1. The van der Waals surface area contributed by atoms with Crippen LogP contribution in [0.3, 0.4) is 0 Å². The van der Waals surface area contributed by atoms with E-state index in [0.29, 0.717) is 17.2 Å². The lowest BCUT2D eigenvalue weighted by Gasteiger charge is -2.62. The molecule has 40 heavy (non-hydrogen) atoms. The fourth-order valence-electron chi connectivity index (χ4n) is 6.36. The van der Waals surface area contributed by atoms with Crippen molar-refractivity contribution in [2.75, 3.05) is 4.90 Å². The first-order chi connectivity index (χ1) is 18.5. The fourth-order valence-corrected chi connectivity index (χ4v) is 7.53. The maximum absolute atomic E-state index is 13.7. The molecule has 1 saturated heterocycles. The van der Waals surface area contributed by atoms with Gasteiger partial charge >= 0.3 is 18.1 Å². The number of nitrogens with two attached hydrogens (primary N) is 1. The Morgan fingerprint density at radius 2 is 1.65 bits per heavy atom. The number of carboxylic acids is 2. The van der Waals surface area contributed by atoms with E-state index in [4.69, 9.17) is 5.73 Å². The first kappa shape index (κ1) is 31.2. The lowest BCUT2D eigenvalue weighted by atomic mass is 9.50. The van der Waals surface area contributed by atoms with E-state index in [9.17, 15) is 38.2 Å². The zero-order valence-corrected chi connectivity index (χ0v) is 24.3. The van der Waals surface area contributed by atoms with E-state index in [1.807, 2.05) is 6.07 Å². The Kier molecular flexibility index (Phi) is 8.49. The van der Waals surface area contributed by atoms with E-state index in [2.05, 4.69) is 19.6 Å². The molecule has 5 atom stereocenters. The molecule has 0 spiro atoms. The van der Waals surface area contributed by atoms with Crippen molar-refractivity contribution >= 4 is 25.7 Å². The number of rotatable bonds is 8. The van der Waals surface area contributed by atoms with Gasteiger partial charge in [0.2, 0.25) is 0 Å². The number of alkyl halides is 3. The highest BCUT2D eigenvalue weighted by Gasteiger charge is 2.69. The van der Waals surface area contributed by atoms with Crippen molar-refractivity contribution in [3.8, 4) is 6.07 Å². The van der Waals surface area contributed by atoms with Crippen LogP contribution >= 0.6 is 0 Å². The van der Waals surface area contributed by atoms with Gasteiger partial charge in [-0.15, -0.1) is 0 Å². The first-order valence-electron chi connectivity index (χ1n) is 13.2. The first-order valence-corrected chi connectivity index (χ1v) is 16.9. The minimum atomic E-state index is -4.67. The van der Waals surface area contributed by atoms with Gasteiger partial charge in [-0.2, -0.15) is 18.4 Å². The molecule has 7 nitrogen and oxygen atoms in total. The van der Waals surface area contributed by atoms with Crippen LogP contribution in [-0.2, 0) is 15.8 Å². The number of nitriles is 1. The molecule has 0 radical (unpaired) electrons. The van der Waals surface area contributed by atoms with E-state index in [1.165, 1.54) is 29.2 Å². The molecular weight excluding hydrogens is 539 g/mol. The van der Waals surface area contributed by atoms with Gasteiger partial charge in [0.15, 0.2) is 0 Å². The van der Waals surface area contributed by atoms with Gasteiger partial charge in [-0.3, -0.25) is 9.59 Å². The van der Waals surface area contributed by atoms with Gasteiger partial charge in [-0.05, 0) is 55.7 Å². The summed E-state index contributed by atoms with van der Waals surface area (Å²) in [5.41, 5.74) is 3.02. The number of carbonyl (C=O) groups is 2. The van der Waals surface area contributed by atoms with Crippen LogP contribution in [0.15, 0.2) is 48.5 Å². The van der Waals surface area contributed by atoms with Crippen molar-refractivity contribution in [3.63, 3.8) is 0 Å². The third-order valence-corrected chi connectivity index (χ3v) is 10.3. The number of piperidine rings is 1. The largest absolute Gasteiger partial charge is 0.481 e. The van der Waals surface area contributed by atoms with E-state index < -0.39 is 60.7 Å². The Balaban J connectivity index is 2.44. The third kappa shape index (κ3) is 5.22. The predicted molar refractivity (Wildman–Crippen MR) is 148 cm³/mol. The molecule has 11 heteroatoms. The summed E-state index contributed by atoms with van der Waals surface area (Å²) in [5, 5.41) is 31.2. The molecule has 1 fully saturated rings. The second-order valence-electron chi connectivity index (χ2n) is 11.8. The van der Waals surface area contributed by atoms with Crippen molar-refractivity contribution in [1.82, 2.24) is 0 Å². The van der Waals surface area contributed by atoms with Crippen LogP contribution in [-0.4, -0.2) is 42.4 Å². The number of hydrogen-bond acceptors (Lipinski definition) is 5. The van der Waals surface area contributed by atoms with Gasteiger partial charge in [0.05, 0.1) is 28.8 Å². The summed E-state index contributed by atoms with van der Waals surface area (Å²) in [5.74, 6) is -3.72. The van der Waals surface area contributed by atoms with Crippen molar-refractivity contribution in [3.05, 3.63) is 65.2 Å². The predicted octanol–water partition coefficient (Wildman–Crippen LogP) is 6.13. The number of hydrogen-bond donors (Lipinski definition) is 3. The van der Waals surface area contributed by atoms with E-state index in [-0.39, 0.29) is 18.5 Å². The van der Waals surface area contributed by atoms with Crippen LogP contribution in [0.4, 0.5) is 18.9 Å². The number of nitrogens with zero attached hydrogens (tertiary/aromatic N) is 2. The van der Waals surface area contributed by atoms with Gasteiger partial charge in [-0.1, -0.05) is 50.8 Å². The number of carboxylic acid groups (broad SMARTS) is 2. The Bertz CT molecular complexity index is 1310. The Morgan fingerprint density at radius 1 is 1.07 bits per heavy atom. The maximum Gasteiger partial charge on any atom is 0.416 e. The molecule has 0 aromatic heterocycles. The second-order valence-corrected chi connectivity index (χ2v) is 17.5. The molecule has 4 N–H and O–H groups in total. The highest BCUT2D eigenvalue weighted by Crippen LogP contribution is 2.61. The summed E-state index contributed by atoms with van der Waals surface area (Å²) in [6, 6.07) is 12.1. The van der Waals surface area contributed by atoms with Gasteiger partial charge in [0, 0.05) is 25.7 Å². The molecule has 0 amide bonds. The summed E-state index contributed by atoms with van der Waals surface area (Å²) >= 11 is 0. The topological polar surface area (TPSA) is 128 Å². The van der Waals surface area contributed by atoms with Crippen LogP contribution in [0.1, 0.15) is 49.3 Å². The van der Waals surface area contributed by atoms with Crippen LogP contribution in [0.2, 0.25) is 25.7 Å². The number of halogens is 3. The minimum absolute atomic E-state index is 0.00538. The average Bonchev–Trinajstić information content (AvgIpc) is 2.87. The fraction of sp³-hybridized carbons (Fsp3) is 0.483. The van der Waals surface area contributed by atoms with E-state index in [1.54, 1.807) is 26.0 Å². The summed E-state index contributed by atoms with van der Waals surface area (Å²) in [4.78, 5) is 28.3. The molecule has 5 unspecified atom stereocenters. The van der Waals surface area contributed by atoms with Gasteiger partial charge in [0.1, 0.15) is 5.41 Å². The summed E-state index contributed by atoms with van der Waals surface area (Å²) in [7, 11) is -1.92. The monoisotopic (exact) mass is 575 g/mol. The highest BCUT2D eigenvalue weighted by atomic mass is 28.3. The van der Waals surface area contributed by atoms with Crippen LogP contribution < -0.4 is 10.6 Å². The van der Waals surface area contributed by atoms with Crippen molar-refractivity contribution < 1.29 is 33.0 Å². The molecule has 2 aromatic rings. The molecule has 1 heterocycles. The van der Waals surface area contributed by atoms with E-state index in [0.717, 1.165) is 12.1 Å². The standard InChI is InChI=1S/C29H36F3N3O4Si/c1-6-27(25(36)37)18(2)35(22-9-7-8-21(16-22)29(30,31)32)24(34)28(26(38)39,14-15-40(3,4)5)23(27)20-12-10-19(17-33)11-13-20/h7-13,16,18,23-24H,6,14-15,34H2,1-5H3,(H,36,37)(H,38,39). The second kappa shape index (κ2) is 10.9. The highest BCUT2D eigenvalue weighted by molar-refractivity contribution is 6.76. The molecule has 0 aliphatic carbocycles. The lowest BCUT2D eigenvalue weighted by molar-refractivity contribution is -0.170. The third-order valence-electron chi connectivity index (χ3n) is 8.54. The van der Waals surface area contributed by atoms with Crippen molar-refractivity contribution in [2.24, 2.45) is 16.6 Å². The quantitative estimate of drug-likeness (QED) is 0.323. The molecule has 0 bridgehead atoms. The minimum Gasteiger partial charge on any atom is -0.481 e. The average molecular weight is 576 g/mol. The normalized spacial score (nSPS) is 27.2. The smallest absolute Gasteiger partial charge is 0.416 e. The van der Waals surface area contributed by atoms with Gasteiger partial charge < -0.3 is 20.8 Å². The van der Waals surface area contributed by atoms with Gasteiger partial charge in [0.25, 0.3) is 0 Å². The number of aliphatic carboxylic acids is 2. The molecular formula is C29H36F3N3O4Si. The molecule has 1 aliphatic rings. The molecule has 3 rings (SSSR count). The van der Waals surface area contributed by atoms with Crippen LogP contribution in [0.25, 0.3) is 0 Å². The zero-order valence-electron chi connectivity index (χ0n) is 23.3. The Labute approximate surface area is 233 Å². The lowest BCUT2D eigenvalue weighted by Crippen LogP contribution is -2.74. The SMILES string of the molecule is CCC1(C(=O)O)C(C)N(c2cccc(C(F)(F)F)c2)C(N)C(CC[Si](C)(C)C)(C(=O)O)C1c1ccc(C#N)cc1. The Morgan fingerprint density at radius 3 is 2.10 bits per heavy atom. The van der Waals surface area contributed by atoms with Gasteiger partial charge in [-0.25, -0.2) is 0 Å². The number of anilines is 1. The molecule has 2 aromatic carbocycles. The molecule has 0 saturated carbocycles. The summed E-state index contributed by atoms with van der Waals surface area (Å²) in [6.45, 7) is 9.41. The maximum atomic E-state index is 13.7. The van der Waals surface area contributed by atoms with Crippen molar-refractivity contribution in [1.29, 1.82) is 5.26 Å². The van der Waals surface area contributed by atoms with Crippen LogP contribution in [0.5, 0.6) is 0 Å². The van der Waals surface area contributed by atoms with E-state index >= 15 is 0 Å². The zero-order chi connectivity index (χ0) is 30.3. The Hall–Kier alpha value is -3.36. The molecule has 1 aliphatic heterocycles.